The van der Waals surface area contributed by atoms with Crippen molar-refractivity contribution in [2.45, 2.75) is 83.6 Å². The zero-order chi connectivity index (χ0) is 32.5. The van der Waals surface area contributed by atoms with E-state index in [2.05, 4.69) is 15.3 Å². The molecule has 9 nitrogen and oxygen atoms in total. The zero-order valence-electron chi connectivity index (χ0n) is 26.7. The lowest BCUT2D eigenvalue weighted by Gasteiger charge is -2.32. The number of alkyl carbamates (subject to hydrolysis) is 1. The van der Waals surface area contributed by atoms with E-state index in [1.807, 2.05) is 41.5 Å². The van der Waals surface area contributed by atoms with Gasteiger partial charge in [-0.1, -0.05) is 44.2 Å². The fourth-order valence-corrected chi connectivity index (χ4v) is 6.38. The fourth-order valence-electron chi connectivity index (χ4n) is 6.38. The molecule has 2 atom stereocenters. The Hall–Kier alpha value is -3.77. The molecule has 0 bridgehead atoms. The van der Waals surface area contributed by atoms with Crippen LogP contribution in [0.3, 0.4) is 0 Å². The van der Waals surface area contributed by atoms with E-state index in [0.717, 1.165) is 6.42 Å². The van der Waals surface area contributed by atoms with Gasteiger partial charge in [0, 0.05) is 23.2 Å². The van der Waals surface area contributed by atoms with Crippen molar-refractivity contribution < 1.29 is 32.4 Å². The molecule has 6 rings (SSSR count). The monoisotopic (exact) mass is 620 g/mol. The zero-order valence-corrected chi connectivity index (χ0v) is 26.7. The molecule has 2 saturated heterocycles. The van der Waals surface area contributed by atoms with Gasteiger partial charge in [0.25, 0.3) is 5.92 Å². The number of rotatable bonds is 6. The van der Waals surface area contributed by atoms with Crippen molar-refractivity contribution in [3.8, 4) is 22.4 Å². The van der Waals surface area contributed by atoms with Crippen molar-refractivity contribution in [3.05, 3.63) is 59.5 Å². The molecule has 3 aromatic rings. The van der Waals surface area contributed by atoms with Crippen LogP contribution in [0.5, 0.6) is 0 Å². The second-order valence-electron chi connectivity index (χ2n) is 13.5. The van der Waals surface area contributed by atoms with Crippen LogP contribution >= 0.6 is 0 Å². The lowest BCUT2D eigenvalue weighted by molar-refractivity contribution is -0.135. The Labute approximate surface area is 262 Å². The summed E-state index contributed by atoms with van der Waals surface area (Å²) in [6, 6.07) is 8.95. The van der Waals surface area contributed by atoms with E-state index in [9.17, 15) is 9.59 Å². The molecule has 12 heteroatoms. The van der Waals surface area contributed by atoms with Crippen LogP contribution in [0.2, 0.25) is 0 Å². The molecule has 0 saturated carbocycles. The van der Waals surface area contributed by atoms with Gasteiger partial charge in [0.05, 0.1) is 36.2 Å². The number of benzene rings is 2. The van der Waals surface area contributed by atoms with Gasteiger partial charge < -0.3 is 29.2 Å². The van der Waals surface area contributed by atoms with Crippen molar-refractivity contribution in [1.82, 2.24) is 20.2 Å². The Morgan fingerprint density at radius 2 is 1.71 bits per heavy atom. The summed E-state index contributed by atoms with van der Waals surface area (Å²) in [4.78, 5) is 34.9. The van der Waals surface area contributed by atoms with Gasteiger partial charge in [-0.05, 0) is 69.1 Å². The van der Waals surface area contributed by atoms with E-state index < -0.39 is 36.4 Å². The van der Waals surface area contributed by atoms with Gasteiger partial charge in [0.1, 0.15) is 11.9 Å². The molecule has 0 radical (unpaired) electrons. The van der Waals surface area contributed by atoms with Crippen LogP contribution in [-0.2, 0) is 24.8 Å². The Balaban J connectivity index is 1.25. The van der Waals surface area contributed by atoms with Crippen molar-refractivity contribution in [2.75, 3.05) is 13.7 Å². The largest absolute Gasteiger partial charge is 0.494 e. The van der Waals surface area contributed by atoms with Gasteiger partial charge in [-0.25, -0.2) is 9.78 Å². The standard InChI is InChI=1S/C33H39BF2N4O5/c1-18(2)27(39-30(42)43-7)29(41)40-14-8-9-26(40)28-37-17-25(38-28)19-10-12-21-22-13-11-20(16-24(22)33(35,36)23(21)15-19)34-44-31(3,4)32(5,6)45-34/h10-13,15-18,26-27H,8-9,14H2,1-7H3,(H,37,38)(H,39,42)/t26?,27-/m0/s1. The van der Waals surface area contributed by atoms with Crippen LogP contribution in [0.1, 0.15) is 77.4 Å². The maximum absolute atomic E-state index is 16.1. The molecule has 45 heavy (non-hydrogen) atoms. The van der Waals surface area contributed by atoms with E-state index in [1.54, 1.807) is 35.4 Å². The topological polar surface area (TPSA) is 106 Å². The summed E-state index contributed by atoms with van der Waals surface area (Å²) in [7, 11) is 0.514. The highest BCUT2D eigenvalue weighted by Crippen LogP contribution is 2.51. The van der Waals surface area contributed by atoms with Gasteiger partial charge in [-0.15, -0.1) is 0 Å². The SMILES string of the molecule is COC(=O)N[C@H](C(=O)N1CCCC1c1ncc(-c2ccc3c(c2)C(F)(F)c2cc(B4OC(C)(C)C(C)(C)O4)ccc2-3)[nH]1)C(C)C. The Morgan fingerprint density at radius 1 is 1.07 bits per heavy atom. The number of amides is 2. The minimum absolute atomic E-state index is 0.0763. The molecule has 1 aromatic heterocycles. The predicted octanol–water partition coefficient (Wildman–Crippen LogP) is 5.54. The van der Waals surface area contributed by atoms with Crippen LogP contribution in [0.25, 0.3) is 22.4 Å². The first-order valence-electron chi connectivity index (χ1n) is 15.4. The van der Waals surface area contributed by atoms with Gasteiger partial charge in [-0.3, -0.25) is 4.79 Å². The number of hydrogen-bond donors (Lipinski definition) is 2. The van der Waals surface area contributed by atoms with E-state index >= 15 is 8.78 Å². The number of imidazole rings is 1. The summed E-state index contributed by atoms with van der Waals surface area (Å²) < 4.78 is 49.1. The first kappa shape index (κ1) is 31.2. The third-order valence-corrected chi connectivity index (χ3v) is 9.70. The second-order valence-corrected chi connectivity index (χ2v) is 13.5. The Morgan fingerprint density at radius 3 is 2.36 bits per heavy atom. The molecule has 0 spiro atoms. The molecule has 1 unspecified atom stereocenters. The van der Waals surface area contributed by atoms with E-state index in [-0.39, 0.29) is 29.0 Å². The van der Waals surface area contributed by atoms with E-state index in [1.165, 1.54) is 19.2 Å². The van der Waals surface area contributed by atoms with Crippen LogP contribution in [0.15, 0.2) is 42.6 Å². The number of aromatic amines is 1. The highest BCUT2D eigenvalue weighted by Gasteiger charge is 2.53. The Bertz CT molecular complexity index is 1640. The maximum Gasteiger partial charge on any atom is 0.494 e. The number of halogens is 2. The highest BCUT2D eigenvalue weighted by molar-refractivity contribution is 6.62. The number of carbonyl (C=O) groups is 2. The van der Waals surface area contributed by atoms with Crippen LogP contribution in [-0.4, -0.2) is 64.9 Å². The number of likely N-dealkylation sites (tertiary alicyclic amines) is 1. The molecule has 1 aliphatic carbocycles. The van der Waals surface area contributed by atoms with E-state index in [4.69, 9.17) is 14.0 Å². The summed E-state index contributed by atoms with van der Waals surface area (Å²) in [6.45, 7) is 12.0. The number of alkyl halides is 2. The normalized spacial score (nSPS) is 21.5. The quantitative estimate of drug-likeness (QED) is 0.351. The van der Waals surface area contributed by atoms with Crippen LogP contribution < -0.4 is 10.8 Å². The number of fused-ring (bicyclic) bond motifs is 3. The molecule has 3 heterocycles. The number of hydrogen-bond acceptors (Lipinski definition) is 6. The Kier molecular flexibility index (Phi) is 7.59. The fraction of sp³-hybridized carbons (Fsp3) is 0.485. The maximum atomic E-state index is 16.1. The van der Waals surface area contributed by atoms with Crippen molar-refractivity contribution in [3.63, 3.8) is 0 Å². The highest BCUT2D eigenvalue weighted by atomic mass is 19.3. The smallest absolute Gasteiger partial charge is 0.453 e. The number of aromatic nitrogens is 2. The summed E-state index contributed by atoms with van der Waals surface area (Å²) in [5.41, 5.74) is 1.32. The summed E-state index contributed by atoms with van der Waals surface area (Å²) in [6.07, 6.45) is 2.40. The number of nitrogens with one attached hydrogen (secondary N) is 2. The molecule has 2 aromatic carbocycles. The number of ether oxygens (including phenoxy) is 1. The average molecular weight is 621 g/mol. The van der Waals surface area contributed by atoms with Crippen molar-refractivity contribution in [2.24, 2.45) is 5.92 Å². The molecule has 2 N–H and O–H groups in total. The first-order valence-corrected chi connectivity index (χ1v) is 15.4. The van der Waals surface area contributed by atoms with E-state index in [0.29, 0.717) is 46.6 Å². The number of H-pyrrole nitrogens is 1. The second kappa shape index (κ2) is 10.9. The lowest BCUT2D eigenvalue weighted by Crippen LogP contribution is -2.51. The number of methoxy groups -OCH3 is 1. The van der Waals surface area contributed by atoms with Gasteiger partial charge in [0.2, 0.25) is 5.91 Å². The molecule has 238 valence electrons. The minimum Gasteiger partial charge on any atom is -0.453 e. The third-order valence-electron chi connectivity index (χ3n) is 9.70. The third kappa shape index (κ3) is 5.21. The lowest BCUT2D eigenvalue weighted by atomic mass is 9.77. The molecule has 3 aliphatic rings. The molecule has 2 aliphatic heterocycles. The summed E-state index contributed by atoms with van der Waals surface area (Å²) >= 11 is 0. The molecular weight excluding hydrogens is 581 g/mol. The van der Waals surface area contributed by atoms with Crippen molar-refractivity contribution in [1.29, 1.82) is 0 Å². The first-order chi connectivity index (χ1) is 21.1. The van der Waals surface area contributed by atoms with Gasteiger partial charge in [0.15, 0.2) is 0 Å². The molecule has 2 fully saturated rings. The van der Waals surface area contributed by atoms with Crippen molar-refractivity contribution >= 4 is 24.6 Å². The molecular formula is C33H39BF2N4O5. The van der Waals surface area contributed by atoms with Gasteiger partial charge in [-0.2, -0.15) is 8.78 Å². The number of carbonyl (C=O) groups excluding carboxylic acids is 2. The minimum atomic E-state index is -3.23. The predicted molar refractivity (Wildman–Crippen MR) is 166 cm³/mol. The number of nitrogens with zero attached hydrogens (tertiary/aromatic N) is 2. The summed E-state index contributed by atoms with van der Waals surface area (Å²) in [5, 5.41) is 2.64. The average Bonchev–Trinajstić information content (AvgIpc) is 3.75. The van der Waals surface area contributed by atoms with Crippen LogP contribution in [0.4, 0.5) is 13.6 Å². The van der Waals surface area contributed by atoms with Gasteiger partial charge >= 0.3 is 13.2 Å². The van der Waals surface area contributed by atoms with Crippen LogP contribution in [0, 0.1) is 5.92 Å². The summed E-state index contributed by atoms with van der Waals surface area (Å²) in [5.74, 6) is -3.03. The molecule has 2 amide bonds.